The van der Waals surface area contributed by atoms with Crippen molar-refractivity contribution >= 4 is 36.6 Å². The normalized spacial score (nSPS) is 43.9. The van der Waals surface area contributed by atoms with E-state index < -0.39 is 72.8 Å². The number of carbonyl (C=O) groups excluding carboxylic acids is 1. The number of ether oxygens (including phenoxy) is 3. The summed E-state index contributed by atoms with van der Waals surface area (Å²) in [6.07, 6.45) is -2.64. The van der Waals surface area contributed by atoms with Gasteiger partial charge in [-0.3, -0.25) is 18.0 Å². The third-order valence-corrected chi connectivity index (χ3v) is 12.7. The molecule has 0 aromatic heterocycles. The number of fused-ring (bicyclic) bond motifs is 3. The van der Waals surface area contributed by atoms with E-state index in [1.165, 1.54) is 0 Å². The summed E-state index contributed by atoms with van der Waals surface area (Å²) in [5.41, 5.74) is -0.749. The predicted octanol–water partition coefficient (Wildman–Crippen LogP) is 4.11. The van der Waals surface area contributed by atoms with Crippen molar-refractivity contribution in [3.63, 3.8) is 0 Å². The average molecular weight is 729 g/mol. The number of aliphatic carboxylic acids is 1. The molecule has 5 rings (SSSR count). The third kappa shape index (κ3) is 7.53. The van der Waals surface area contributed by atoms with Crippen molar-refractivity contribution in [3.8, 4) is 0 Å². The highest BCUT2D eigenvalue weighted by Gasteiger charge is 2.67. The lowest BCUT2D eigenvalue weighted by atomic mass is 9.43. The zero-order valence-corrected chi connectivity index (χ0v) is 29.0. The fourth-order valence-electron chi connectivity index (χ4n) is 10.1. The van der Waals surface area contributed by atoms with E-state index in [1.807, 2.05) is 13.8 Å². The van der Waals surface area contributed by atoms with Gasteiger partial charge < -0.3 is 29.5 Å². The Morgan fingerprint density at radius 2 is 1.69 bits per heavy atom. The van der Waals surface area contributed by atoms with Gasteiger partial charge in [-0.15, -0.1) is 8.67 Å². The molecule has 1 heterocycles. The Kier molecular flexibility index (Phi) is 13.0. The van der Waals surface area contributed by atoms with Crippen LogP contribution in [-0.4, -0.2) is 87.3 Å². The topological polar surface area (TPSA) is 218 Å². The molecule has 1 spiro atoms. The van der Waals surface area contributed by atoms with Crippen molar-refractivity contribution in [3.05, 3.63) is 0 Å². The Labute approximate surface area is 287 Å². The number of carboxylic acids is 1. The number of aliphatic hydroxyl groups is 2. The minimum atomic E-state index is -1.37. The van der Waals surface area contributed by atoms with Gasteiger partial charge in [0.15, 0.2) is 37.0 Å². The number of rotatable bonds is 15. The average Bonchev–Trinajstić information content (AvgIpc) is 3.21. The zero-order valence-electron chi connectivity index (χ0n) is 27.4. The van der Waals surface area contributed by atoms with Gasteiger partial charge in [0.1, 0.15) is 18.3 Å². The fraction of sp³-hybridized carbons (Fsp3) is 0.933. The summed E-state index contributed by atoms with van der Waals surface area (Å²) in [7, 11) is 0. The van der Waals surface area contributed by atoms with Crippen LogP contribution in [0.5, 0.6) is 0 Å². The smallest absolute Gasteiger partial charge is 0.306 e. The molecule has 9 unspecified atom stereocenters. The van der Waals surface area contributed by atoms with E-state index in [4.69, 9.17) is 33.1 Å². The van der Waals surface area contributed by atoms with Crippen LogP contribution in [-0.2, 0) is 50.9 Å². The van der Waals surface area contributed by atoms with Crippen molar-refractivity contribution < 1.29 is 76.7 Å². The molecule has 5 aliphatic rings. The first-order valence-electron chi connectivity index (χ1n) is 16.5. The summed E-state index contributed by atoms with van der Waals surface area (Å²) in [4.78, 5) is 25.9. The molecule has 0 aromatic rings. The van der Waals surface area contributed by atoms with Gasteiger partial charge in [-0.25, -0.2) is 10.5 Å². The molecule has 1 aliphatic heterocycles. The quantitative estimate of drug-likeness (QED) is 0.0400. The fourth-order valence-corrected chi connectivity index (χ4v) is 10.8. The predicted molar refractivity (Wildman–Crippen MR) is 164 cm³/mol. The maximum Gasteiger partial charge on any atom is 0.306 e. The van der Waals surface area contributed by atoms with Gasteiger partial charge in [0.05, 0.1) is 24.7 Å². The molecule has 4 aliphatic carbocycles. The zero-order chi connectivity index (χ0) is 34.8. The Morgan fingerprint density at radius 3 is 2.31 bits per heavy atom. The van der Waals surface area contributed by atoms with Crippen molar-refractivity contribution in [2.75, 3.05) is 6.61 Å². The van der Waals surface area contributed by atoms with Gasteiger partial charge >= 0.3 is 11.9 Å². The Morgan fingerprint density at radius 1 is 1.00 bits per heavy atom. The summed E-state index contributed by atoms with van der Waals surface area (Å²) < 4.78 is 38.5. The number of hydrogen-bond acceptors (Lipinski definition) is 17. The molecule has 18 heteroatoms. The summed E-state index contributed by atoms with van der Waals surface area (Å²) in [5, 5.41) is 56.9. The molecule has 2 bridgehead atoms. The van der Waals surface area contributed by atoms with Gasteiger partial charge in [-0.2, -0.15) is 0 Å². The lowest BCUT2D eigenvalue weighted by molar-refractivity contribution is -0.436. The molecular formula is C30H48O16S2. The van der Waals surface area contributed by atoms with Crippen molar-refractivity contribution in [1.29, 1.82) is 0 Å². The van der Waals surface area contributed by atoms with Crippen LogP contribution in [0.1, 0.15) is 79.1 Å². The third-order valence-electron chi connectivity index (χ3n) is 11.9. The molecule has 276 valence electrons. The molecule has 14 atom stereocenters. The van der Waals surface area contributed by atoms with Gasteiger partial charge in [0.25, 0.3) is 0 Å². The molecule has 5 N–H and O–H groups in total. The highest BCUT2D eigenvalue weighted by molar-refractivity contribution is 7.90. The number of carbonyl (C=O) groups is 2. The minimum Gasteiger partial charge on any atom is -0.481 e. The van der Waals surface area contributed by atoms with Gasteiger partial charge in [0, 0.05) is 11.8 Å². The number of esters is 1. The van der Waals surface area contributed by atoms with Crippen molar-refractivity contribution in [2.45, 2.75) is 122 Å². The van der Waals surface area contributed by atoms with Crippen LogP contribution in [0.4, 0.5) is 0 Å². The van der Waals surface area contributed by atoms with Gasteiger partial charge in [0.2, 0.25) is 0 Å². The molecule has 0 radical (unpaired) electrons. The molecule has 1 saturated heterocycles. The van der Waals surface area contributed by atoms with Gasteiger partial charge in [-0.05, 0) is 80.0 Å². The number of hydrogen-bond donors (Lipinski definition) is 5. The SMILES string of the molecule is CC(C)CC(=O)OC1[C@H](OC2CC(C(=O)O)C3CCC45CC(CCC4C3(C)C2)C(C)[C@@H]5O)O[C@@H](CO)[C@@H](OSOOO)[C@H]1OSOOO. The van der Waals surface area contributed by atoms with Crippen LogP contribution in [0.15, 0.2) is 0 Å². The first kappa shape index (κ1) is 38.4. The van der Waals surface area contributed by atoms with Crippen molar-refractivity contribution in [2.24, 2.45) is 46.3 Å². The molecule has 5 fully saturated rings. The molecular weight excluding hydrogens is 680 g/mol. The summed E-state index contributed by atoms with van der Waals surface area (Å²) >= 11 is 0.357. The molecule has 48 heavy (non-hydrogen) atoms. The molecule has 16 nitrogen and oxygen atoms in total. The van der Waals surface area contributed by atoms with Gasteiger partial charge in [-0.1, -0.05) is 37.8 Å². The first-order chi connectivity index (χ1) is 22.9. The Balaban J connectivity index is 1.45. The maximum atomic E-state index is 13.1. The van der Waals surface area contributed by atoms with Crippen LogP contribution in [0.2, 0.25) is 0 Å². The van der Waals surface area contributed by atoms with E-state index in [9.17, 15) is 24.9 Å². The van der Waals surface area contributed by atoms with Crippen LogP contribution >= 0.6 is 24.6 Å². The molecule has 4 saturated carbocycles. The lowest BCUT2D eigenvalue weighted by Crippen LogP contribution is -2.63. The van der Waals surface area contributed by atoms with Crippen LogP contribution < -0.4 is 0 Å². The van der Waals surface area contributed by atoms with E-state index >= 15 is 0 Å². The van der Waals surface area contributed by atoms with Crippen molar-refractivity contribution in [1.82, 2.24) is 0 Å². The minimum absolute atomic E-state index is 0.0280. The van der Waals surface area contributed by atoms with E-state index in [1.54, 1.807) is 0 Å². The maximum absolute atomic E-state index is 13.1. The highest BCUT2D eigenvalue weighted by atomic mass is 32.2. The monoisotopic (exact) mass is 728 g/mol. The van der Waals surface area contributed by atoms with Crippen LogP contribution in [0, 0.1) is 46.3 Å². The second kappa shape index (κ2) is 16.2. The molecule has 0 amide bonds. The standard InChI is InChI=1S/C30H48O16S2/c1-14(2)9-22(32)40-25-24(42-48-46-44-37)23(41-47-45-43-36)20(13-31)39-28(25)38-17-10-18(27(34)35)19-7-8-30-11-16(15(3)26(30)33)5-6-21(30)29(19,4)12-17/h14-21,23-26,28,31,33,36-37H,5-13H2,1-4H3,(H,34,35)/t15?,16?,17?,18?,19?,20-,21?,23+,24+,25?,26-,28+,29?,30?/m0/s1. The molecule has 0 aromatic carbocycles. The Bertz CT molecular complexity index is 1100. The summed E-state index contributed by atoms with van der Waals surface area (Å²) in [5.74, 6) is -1.72. The largest absolute Gasteiger partial charge is 0.481 e. The Hall–Kier alpha value is -0.840. The van der Waals surface area contributed by atoms with Crippen LogP contribution in [0.25, 0.3) is 0 Å². The van der Waals surface area contributed by atoms with E-state index in [0.29, 0.717) is 18.8 Å². The second-order valence-corrected chi connectivity index (χ2v) is 15.7. The van der Waals surface area contributed by atoms with E-state index in [-0.39, 0.29) is 66.6 Å². The van der Waals surface area contributed by atoms with E-state index in [2.05, 4.69) is 32.6 Å². The number of aliphatic hydroxyl groups excluding tert-OH is 2. The van der Waals surface area contributed by atoms with E-state index in [0.717, 1.165) is 25.7 Å². The highest BCUT2D eigenvalue weighted by Crippen LogP contribution is 2.71. The summed E-state index contributed by atoms with van der Waals surface area (Å²) in [6.45, 7) is 7.29. The lowest BCUT2D eigenvalue weighted by Gasteiger charge is -2.62. The first-order valence-corrected chi connectivity index (χ1v) is 17.9. The second-order valence-electron chi connectivity index (χ2n) is 14.7. The summed E-state index contributed by atoms with van der Waals surface area (Å²) in [6, 6.07) is 0. The number of carboxylic acid groups (broad SMARTS) is 1. The van der Waals surface area contributed by atoms with Crippen LogP contribution in [0.3, 0.4) is 0 Å².